The number of halogens is 1. The molecule has 2 rings (SSSR count). The van der Waals surface area contributed by atoms with Gasteiger partial charge in [-0.1, -0.05) is 18.7 Å². The minimum Gasteiger partial charge on any atom is -0.292 e. The summed E-state index contributed by atoms with van der Waals surface area (Å²) in [4.78, 5) is 12.2. The maximum Gasteiger partial charge on any atom is 0.187 e. The molecule has 5 heteroatoms. The number of ketones is 1. The highest BCUT2D eigenvalue weighted by atomic mass is 79.9. The number of nitriles is 1. The fraction of sp³-hybridized carbons (Fsp3) is 0.133. The standard InChI is InChI=1S/C15H12BrN3O/c1-3-11-8-14(18-19(11)2)15(20)7-10-5-4-6-13(16)12(10)9-17/h3-6,8H,1,7H2,2H3. The molecule has 0 fully saturated rings. The smallest absolute Gasteiger partial charge is 0.187 e. The molecule has 0 bridgehead atoms. The zero-order valence-electron chi connectivity index (χ0n) is 10.9. The average Bonchev–Trinajstić information content (AvgIpc) is 2.80. The summed E-state index contributed by atoms with van der Waals surface area (Å²) in [6.07, 6.45) is 1.79. The van der Waals surface area contributed by atoms with Gasteiger partial charge in [-0.05, 0) is 39.7 Å². The molecule has 0 atom stereocenters. The van der Waals surface area contributed by atoms with E-state index in [4.69, 9.17) is 5.26 Å². The molecule has 0 saturated heterocycles. The van der Waals surface area contributed by atoms with Gasteiger partial charge in [-0.25, -0.2) is 0 Å². The Balaban J connectivity index is 2.30. The van der Waals surface area contributed by atoms with Crippen molar-refractivity contribution in [2.45, 2.75) is 6.42 Å². The lowest BCUT2D eigenvalue weighted by Crippen LogP contribution is -2.07. The normalized spacial score (nSPS) is 10.1. The van der Waals surface area contributed by atoms with Gasteiger partial charge in [0.15, 0.2) is 5.78 Å². The lowest BCUT2D eigenvalue weighted by Gasteiger charge is -2.03. The molecule has 0 spiro atoms. The molecule has 100 valence electrons. The Labute approximate surface area is 125 Å². The Morgan fingerprint density at radius 2 is 2.35 bits per heavy atom. The number of benzene rings is 1. The van der Waals surface area contributed by atoms with Crippen LogP contribution < -0.4 is 0 Å². The highest BCUT2D eigenvalue weighted by molar-refractivity contribution is 9.10. The van der Waals surface area contributed by atoms with Gasteiger partial charge < -0.3 is 0 Å². The van der Waals surface area contributed by atoms with Crippen LogP contribution in [0, 0.1) is 11.3 Å². The van der Waals surface area contributed by atoms with Gasteiger partial charge >= 0.3 is 0 Å². The zero-order chi connectivity index (χ0) is 14.7. The first-order chi connectivity index (χ1) is 9.56. The third-order valence-electron chi connectivity index (χ3n) is 2.97. The van der Waals surface area contributed by atoms with Crippen molar-refractivity contribution in [1.29, 1.82) is 5.26 Å². The molecule has 4 nitrogen and oxygen atoms in total. The molecule has 0 aliphatic carbocycles. The van der Waals surface area contributed by atoms with Crippen molar-refractivity contribution in [3.63, 3.8) is 0 Å². The third-order valence-corrected chi connectivity index (χ3v) is 3.63. The molecule has 0 saturated carbocycles. The van der Waals surface area contributed by atoms with Gasteiger partial charge in [0, 0.05) is 17.9 Å². The van der Waals surface area contributed by atoms with Crippen LogP contribution in [0.1, 0.15) is 27.3 Å². The van der Waals surface area contributed by atoms with Crippen molar-refractivity contribution in [3.05, 3.63) is 57.8 Å². The van der Waals surface area contributed by atoms with Gasteiger partial charge in [0.25, 0.3) is 0 Å². The quantitative estimate of drug-likeness (QED) is 0.809. The van der Waals surface area contributed by atoms with Crippen molar-refractivity contribution in [2.24, 2.45) is 7.05 Å². The summed E-state index contributed by atoms with van der Waals surface area (Å²) < 4.78 is 2.30. The van der Waals surface area contributed by atoms with Crippen molar-refractivity contribution in [1.82, 2.24) is 9.78 Å². The Hall–Kier alpha value is -2.19. The van der Waals surface area contributed by atoms with Crippen LogP contribution >= 0.6 is 15.9 Å². The summed E-state index contributed by atoms with van der Waals surface area (Å²) in [5.41, 5.74) is 2.34. The van der Waals surface area contributed by atoms with E-state index in [-0.39, 0.29) is 12.2 Å². The Bertz CT molecular complexity index is 725. The number of carbonyl (C=O) groups excluding carboxylic acids is 1. The summed E-state index contributed by atoms with van der Waals surface area (Å²) in [7, 11) is 1.76. The minimum atomic E-state index is -0.122. The van der Waals surface area contributed by atoms with Gasteiger partial charge in [-0.3, -0.25) is 9.48 Å². The molecular formula is C15H12BrN3O. The first-order valence-electron chi connectivity index (χ1n) is 5.94. The van der Waals surface area contributed by atoms with Crippen LogP contribution in [-0.2, 0) is 13.5 Å². The molecule has 1 heterocycles. The van der Waals surface area contributed by atoms with E-state index >= 15 is 0 Å². The number of rotatable bonds is 4. The van der Waals surface area contributed by atoms with Crippen LogP contribution in [0.2, 0.25) is 0 Å². The molecule has 0 aliphatic rings. The highest BCUT2D eigenvalue weighted by Crippen LogP contribution is 2.21. The van der Waals surface area contributed by atoms with Crippen LogP contribution in [0.25, 0.3) is 6.08 Å². The molecule has 0 unspecified atom stereocenters. The maximum absolute atomic E-state index is 12.2. The zero-order valence-corrected chi connectivity index (χ0v) is 12.5. The first kappa shape index (κ1) is 14.2. The molecule has 0 N–H and O–H groups in total. The molecule has 1 aromatic heterocycles. The Morgan fingerprint density at radius 1 is 1.60 bits per heavy atom. The lowest BCUT2D eigenvalue weighted by atomic mass is 10.0. The second-order valence-corrected chi connectivity index (χ2v) is 5.12. The summed E-state index contributed by atoms with van der Waals surface area (Å²) in [5, 5.41) is 13.3. The number of aromatic nitrogens is 2. The van der Waals surface area contributed by atoms with Crippen LogP contribution in [0.15, 0.2) is 35.3 Å². The summed E-state index contributed by atoms with van der Waals surface area (Å²) >= 11 is 3.31. The van der Waals surface area contributed by atoms with E-state index in [0.29, 0.717) is 21.3 Å². The van der Waals surface area contributed by atoms with E-state index in [9.17, 15) is 4.79 Å². The number of aryl methyl sites for hydroxylation is 1. The molecule has 0 radical (unpaired) electrons. The molecular weight excluding hydrogens is 318 g/mol. The molecule has 0 amide bonds. The molecule has 20 heavy (non-hydrogen) atoms. The summed E-state index contributed by atoms with van der Waals surface area (Å²) in [6.45, 7) is 3.67. The van der Waals surface area contributed by atoms with Crippen molar-refractivity contribution in [3.8, 4) is 6.07 Å². The molecule has 0 aliphatic heterocycles. The number of hydrogen-bond acceptors (Lipinski definition) is 3. The van der Waals surface area contributed by atoms with E-state index in [1.807, 2.05) is 0 Å². The van der Waals surface area contributed by atoms with Crippen LogP contribution in [0.5, 0.6) is 0 Å². The van der Waals surface area contributed by atoms with Crippen LogP contribution in [-0.4, -0.2) is 15.6 Å². The Morgan fingerprint density at radius 3 is 2.95 bits per heavy atom. The van der Waals surface area contributed by atoms with Crippen molar-refractivity contribution in [2.75, 3.05) is 0 Å². The fourth-order valence-corrected chi connectivity index (χ4v) is 2.41. The third kappa shape index (κ3) is 2.70. The second-order valence-electron chi connectivity index (χ2n) is 4.27. The van der Waals surface area contributed by atoms with Crippen LogP contribution in [0.3, 0.4) is 0 Å². The lowest BCUT2D eigenvalue weighted by molar-refractivity contribution is 0.0987. The van der Waals surface area contributed by atoms with Crippen molar-refractivity contribution >= 4 is 27.8 Å². The van der Waals surface area contributed by atoms with Gasteiger partial charge in [0.1, 0.15) is 11.8 Å². The largest absolute Gasteiger partial charge is 0.292 e. The van der Waals surface area contributed by atoms with Gasteiger partial charge in [0.05, 0.1) is 11.3 Å². The molecule has 2 aromatic rings. The maximum atomic E-state index is 12.2. The number of carbonyl (C=O) groups is 1. The van der Waals surface area contributed by atoms with E-state index in [2.05, 4.69) is 33.7 Å². The fourth-order valence-electron chi connectivity index (χ4n) is 1.91. The minimum absolute atomic E-state index is 0.122. The first-order valence-corrected chi connectivity index (χ1v) is 6.73. The predicted molar refractivity (Wildman–Crippen MR) is 80.2 cm³/mol. The monoisotopic (exact) mass is 329 g/mol. The highest BCUT2D eigenvalue weighted by Gasteiger charge is 2.15. The van der Waals surface area contributed by atoms with E-state index < -0.39 is 0 Å². The number of hydrogen-bond donors (Lipinski definition) is 0. The summed E-state index contributed by atoms with van der Waals surface area (Å²) in [5.74, 6) is -0.122. The van der Waals surface area contributed by atoms with E-state index in [1.165, 1.54) is 0 Å². The second kappa shape index (κ2) is 5.85. The Kier molecular flexibility index (Phi) is 4.16. The van der Waals surface area contributed by atoms with Gasteiger partial charge in [-0.2, -0.15) is 10.4 Å². The number of Topliss-reactive ketones (excluding diaryl/α,β-unsaturated/α-hetero) is 1. The topological polar surface area (TPSA) is 58.7 Å². The number of nitrogens with zero attached hydrogens (tertiary/aromatic N) is 3. The van der Waals surface area contributed by atoms with E-state index in [1.54, 1.807) is 42.1 Å². The SMILES string of the molecule is C=Cc1cc(C(=O)Cc2cccc(Br)c2C#N)nn1C. The van der Waals surface area contributed by atoms with E-state index in [0.717, 1.165) is 5.69 Å². The predicted octanol–water partition coefficient (Wildman–Crippen LogP) is 3.12. The van der Waals surface area contributed by atoms with Crippen molar-refractivity contribution < 1.29 is 4.79 Å². The molecule has 1 aromatic carbocycles. The van der Waals surface area contributed by atoms with Crippen LogP contribution in [0.4, 0.5) is 0 Å². The van der Waals surface area contributed by atoms with Gasteiger partial charge in [-0.15, -0.1) is 0 Å². The average molecular weight is 330 g/mol. The van der Waals surface area contributed by atoms with Gasteiger partial charge in [0.2, 0.25) is 0 Å². The summed E-state index contributed by atoms with van der Waals surface area (Å²) in [6, 6.07) is 9.17.